The minimum Gasteiger partial charge on any atom is -0.312 e. The first-order valence-electron chi connectivity index (χ1n) is 23.9. The van der Waals surface area contributed by atoms with Crippen molar-refractivity contribution >= 4 is 97.4 Å². The van der Waals surface area contributed by atoms with Gasteiger partial charge in [-0.1, -0.05) is 141 Å². The van der Waals surface area contributed by atoms with E-state index in [0.717, 1.165) is 28.4 Å². The highest BCUT2D eigenvalue weighted by Crippen LogP contribution is 2.52. The molecule has 0 radical (unpaired) electrons. The molecule has 0 atom stereocenters. The normalized spacial score (nSPS) is 13.0. The molecule has 3 nitrogen and oxygen atoms in total. The lowest BCUT2D eigenvalue weighted by molar-refractivity contribution is 1.21. The number of aryl methyl sites for hydroxylation is 8. The van der Waals surface area contributed by atoms with Gasteiger partial charge in [-0.3, -0.25) is 0 Å². The minimum atomic E-state index is -0.0397. The zero-order chi connectivity index (χ0) is 45.6. The molecule has 0 N–H and O–H groups in total. The van der Waals surface area contributed by atoms with E-state index in [2.05, 4.69) is 234 Å². The molecule has 0 aromatic heterocycles. The molecule has 0 saturated heterocycles. The molecule has 13 rings (SSSR count). The fraction of sp³-hybridized carbons (Fsp3) is 0.129. The van der Waals surface area contributed by atoms with E-state index in [1.54, 1.807) is 0 Å². The van der Waals surface area contributed by atoms with E-state index < -0.39 is 0 Å². The predicted molar refractivity (Wildman–Crippen MR) is 289 cm³/mol. The number of fused-ring (bicyclic) bond motifs is 10. The smallest absolute Gasteiger partial charge is 0.251 e. The lowest BCUT2D eigenvalue weighted by Gasteiger charge is -2.46. The van der Waals surface area contributed by atoms with Gasteiger partial charge in [-0.2, -0.15) is 0 Å². The van der Waals surface area contributed by atoms with E-state index in [1.807, 2.05) is 0 Å². The molecule has 9 aromatic carbocycles. The largest absolute Gasteiger partial charge is 0.312 e. The van der Waals surface area contributed by atoms with E-state index in [9.17, 15) is 0 Å². The average molecular weight is 860 g/mol. The lowest BCUT2D eigenvalue weighted by atomic mass is 9.32. The Hall–Kier alpha value is -7.49. The predicted octanol–water partition coefficient (Wildman–Crippen LogP) is 12.2. The van der Waals surface area contributed by atoms with Gasteiger partial charge in [-0.15, -0.1) is 0 Å². The van der Waals surface area contributed by atoms with E-state index in [1.165, 1.54) is 122 Å². The first-order valence-corrected chi connectivity index (χ1v) is 23.9. The second-order valence-electron chi connectivity index (χ2n) is 20.0. The molecule has 9 aromatic rings. The Labute approximate surface area is 396 Å². The van der Waals surface area contributed by atoms with E-state index in [0.29, 0.717) is 0 Å². The van der Waals surface area contributed by atoms with E-state index >= 15 is 0 Å². The number of anilines is 9. The molecule has 67 heavy (non-hydrogen) atoms. The summed E-state index contributed by atoms with van der Waals surface area (Å²) in [5, 5.41) is 0. The molecular weight excluding hydrogens is 808 g/mol. The number of nitrogens with zero attached hydrogens (tertiary/aromatic N) is 3. The summed E-state index contributed by atoms with van der Waals surface area (Å²) in [4.78, 5) is 7.86. The average Bonchev–Trinajstić information content (AvgIpc) is 3.81. The molecule has 0 fully saturated rings. The van der Waals surface area contributed by atoms with Crippen molar-refractivity contribution in [1.29, 1.82) is 0 Å². The molecule has 0 bridgehead atoms. The summed E-state index contributed by atoms with van der Waals surface area (Å²) in [5.74, 6) is 0. The summed E-state index contributed by atoms with van der Waals surface area (Å²) in [6.07, 6.45) is 0. The van der Waals surface area contributed by atoms with Crippen molar-refractivity contribution in [2.24, 2.45) is 0 Å². The van der Waals surface area contributed by atoms with Gasteiger partial charge in [0.15, 0.2) is 0 Å². The second kappa shape index (κ2) is 14.5. The van der Waals surface area contributed by atoms with Crippen LogP contribution in [0, 0.1) is 55.4 Å². The fourth-order valence-corrected chi connectivity index (χ4v) is 12.0. The zero-order valence-corrected chi connectivity index (χ0v) is 39.6. The number of hydrogen-bond acceptors (Lipinski definition) is 3. The SMILES string of the molecule is Cc1ccc(N(c2ccc(C)cc2)c2cc3c4c(c2N(c2ccc(C)cc2)c2ccc(C)cc2)B2c5ccc(C)cc5-c5cc(C)cc(c52)N4c2cc(C)cc4c2B3c2ccc(C)cc2-4)cc1. The van der Waals surface area contributed by atoms with Gasteiger partial charge in [-0.05, 0) is 177 Å². The van der Waals surface area contributed by atoms with Gasteiger partial charge in [0.1, 0.15) is 0 Å². The van der Waals surface area contributed by atoms with Crippen molar-refractivity contribution < 1.29 is 0 Å². The van der Waals surface area contributed by atoms with Crippen LogP contribution in [-0.4, -0.2) is 13.4 Å². The van der Waals surface area contributed by atoms with Crippen LogP contribution in [-0.2, 0) is 0 Å². The Morgan fingerprint density at radius 1 is 0.313 bits per heavy atom. The maximum Gasteiger partial charge on any atom is 0.251 e. The van der Waals surface area contributed by atoms with Crippen molar-refractivity contribution in [3.05, 3.63) is 208 Å². The Kier molecular flexibility index (Phi) is 8.62. The summed E-state index contributed by atoms with van der Waals surface area (Å²) in [6.45, 7) is 17.8. The topological polar surface area (TPSA) is 9.72 Å². The maximum atomic E-state index is 2.71. The molecule has 0 saturated carbocycles. The lowest BCUT2D eigenvalue weighted by Crippen LogP contribution is -2.63. The van der Waals surface area contributed by atoms with Crippen LogP contribution in [0.1, 0.15) is 44.5 Å². The summed E-state index contributed by atoms with van der Waals surface area (Å²) in [7, 11) is 0. The van der Waals surface area contributed by atoms with Crippen molar-refractivity contribution in [3.8, 4) is 22.3 Å². The van der Waals surface area contributed by atoms with Gasteiger partial charge >= 0.3 is 0 Å². The van der Waals surface area contributed by atoms with Gasteiger partial charge in [-0.25, -0.2) is 0 Å². The maximum absolute atomic E-state index is 2.71. The van der Waals surface area contributed by atoms with Crippen molar-refractivity contribution in [2.75, 3.05) is 14.7 Å². The highest BCUT2D eigenvalue weighted by atomic mass is 15.2. The first kappa shape index (κ1) is 39.8. The first-order chi connectivity index (χ1) is 32.5. The summed E-state index contributed by atoms with van der Waals surface area (Å²) >= 11 is 0. The molecule has 4 aliphatic rings. The van der Waals surface area contributed by atoms with Crippen LogP contribution in [0.15, 0.2) is 164 Å². The Bertz CT molecular complexity index is 3450. The Balaban J connectivity index is 1.27. The molecule has 4 heterocycles. The highest BCUT2D eigenvalue weighted by molar-refractivity contribution is 7.06. The van der Waals surface area contributed by atoms with Crippen molar-refractivity contribution in [2.45, 2.75) is 55.4 Å². The van der Waals surface area contributed by atoms with Crippen LogP contribution in [0.25, 0.3) is 22.3 Å². The molecule has 0 aliphatic carbocycles. The number of rotatable bonds is 6. The summed E-state index contributed by atoms with van der Waals surface area (Å²) < 4.78 is 0. The van der Waals surface area contributed by atoms with Gasteiger partial charge < -0.3 is 14.7 Å². The highest BCUT2D eigenvalue weighted by Gasteiger charge is 2.52. The van der Waals surface area contributed by atoms with Crippen LogP contribution < -0.4 is 47.5 Å². The molecule has 0 amide bonds. The minimum absolute atomic E-state index is 0.0359. The van der Waals surface area contributed by atoms with Crippen LogP contribution in [0.5, 0.6) is 0 Å². The van der Waals surface area contributed by atoms with E-state index in [-0.39, 0.29) is 13.4 Å². The standard InChI is InChI=1S/C62H51B2N3/c1-36-9-19-44(20-10-36)65(45-21-11-37(2)12-22-45)57-35-54-61-60(62(57)66(46-23-13-38(3)14-24-46)47-25-15-39(4)16-26-47)64-53-28-18-41(6)30-49(53)51-32-43(8)34-56(59(51)64)67(61)55-33-42(7)31-50-48-29-40(5)17-27-52(48)63(54)58(50)55/h9-35H,1-8H3. The third-order valence-corrected chi connectivity index (χ3v) is 15.1. The van der Waals surface area contributed by atoms with Gasteiger partial charge in [0.2, 0.25) is 6.71 Å². The zero-order valence-electron chi connectivity index (χ0n) is 39.6. The molecular formula is C62H51B2N3. The molecule has 0 spiro atoms. The van der Waals surface area contributed by atoms with Crippen LogP contribution in [0.4, 0.5) is 51.2 Å². The van der Waals surface area contributed by atoms with Crippen LogP contribution in [0.2, 0.25) is 0 Å². The quantitative estimate of drug-likeness (QED) is 0.154. The van der Waals surface area contributed by atoms with Crippen molar-refractivity contribution in [1.82, 2.24) is 0 Å². The monoisotopic (exact) mass is 859 g/mol. The molecule has 5 heteroatoms. The summed E-state index contributed by atoms with van der Waals surface area (Å²) in [6, 6.07) is 63.6. The molecule has 320 valence electrons. The van der Waals surface area contributed by atoms with Crippen LogP contribution >= 0.6 is 0 Å². The van der Waals surface area contributed by atoms with Crippen molar-refractivity contribution in [3.63, 3.8) is 0 Å². The third kappa shape index (κ3) is 5.86. The second-order valence-corrected chi connectivity index (χ2v) is 20.0. The Morgan fingerprint density at radius 2 is 0.687 bits per heavy atom. The van der Waals surface area contributed by atoms with Gasteiger partial charge in [0, 0.05) is 39.8 Å². The summed E-state index contributed by atoms with van der Waals surface area (Å²) in [5.41, 5.74) is 34.4. The van der Waals surface area contributed by atoms with E-state index in [4.69, 9.17) is 0 Å². The third-order valence-electron chi connectivity index (χ3n) is 15.1. The van der Waals surface area contributed by atoms with Gasteiger partial charge in [0.25, 0.3) is 6.71 Å². The molecule has 4 aliphatic heterocycles. The van der Waals surface area contributed by atoms with Gasteiger partial charge in [0.05, 0.1) is 11.4 Å². The fourth-order valence-electron chi connectivity index (χ4n) is 12.0. The van der Waals surface area contributed by atoms with Crippen LogP contribution in [0.3, 0.4) is 0 Å². The number of benzene rings is 9. The number of hydrogen-bond donors (Lipinski definition) is 0. The Morgan fingerprint density at radius 3 is 1.13 bits per heavy atom. The molecule has 0 unspecified atom stereocenters.